The van der Waals surface area contributed by atoms with Gasteiger partial charge in [-0.3, -0.25) is 4.90 Å². The summed E-state index contributed by atoms with van der Waals surface area (Å²) in [7, 11) is 0. The third kappa shape index (κ3) is 1.41. The number of hydrogen-bond acceptors (Lipinski definition) is 2. The van der Waals surface area contributed by atoms with Crippen LogP contribution >= 0.6 is 0 Å². The molecule has 1 saturated heterocycles. The summed E-state index contributed by atoms with van der Waals surface area (Å²) in [6, 6.07) is 0. The second-order valence-electron chi connectivity index (χ2n) is 4.27. The van der Waals surface area contributed by atoms with Crippen LogP contribution in [-0.2, 0) is 4.74 Å². The van der Waals surface area contributed by atoms with Crippen LogP contribution in [0.3, 0.4) is 0 Å². The summed E-state index contributed by atoms with van der Waals surface area (Å²) in [6.45, 7) is 8.74. The zero-order chi connectivity index (χ0) is 10.0. The molecule has 2 aliphatic rings. The van der Waals surface area contributed by atoms with E-state index >= 15 is 0 Å². The van der Waals surface area contributed by atoms with Crippen molar-refractivity contribution in [2.45, 2.75) is 38.6 Å². The van der Waals surface area contributed by atoms with Gasteiger partial charge < -0.3 is 4.74 Å². The predicted octanol–water partition coefficient (Wildman–Crippen LogP) is 2.21. The van der Waals surface area contributed by atoms with E-state index in [1.54, 1.807) is 5.57 Å². The van der Waals surface area contributed by atoms with Gasteiger partial charge in [0.2, 0.25) is 0 Å². The van der Waals surface area contributed by atoms with Crippen molar-refractivity contribution in [2.24, 2.45) is 0 Å². The summed E-state index contributed by atoms with van der Waals surface area (Å²) in [4.78, 5) is 2.62. The Kier molecular flexibility index (Phi) is 2.93. The molecule has 2 aliphatic heterocycles. The lowest BCUT2D eigenvalue weighted by Crippen LogP contribution is -2.50. The molecule has 80 valence electrons. The highest BCUT2D eigenvalue weighted by Gasteiger charge is 2.42. The predicted molar refractivity (Wildman–Crippen MR) is 58.4 cm³/mol. The molecule has 0 radical (unpaired) electrons. The third-order valence-electron chi connectivity index (χ3n) is 3.84. The lowest BCUT2D eigenvalue weighted by molar-refractivity contribution is 0.00427. The molecule has 14 heavy (non-hydrogen) atoms. The van der Waals surface area contributed by atoms with Crippen molar-refractivity contribution < 1.29 is 4.74 Å². The quantitative estimate of drug-likeness (QED) is 0.626. The van der Waals surface area contributed by atoms with Crippen LogP contribution in [0.25, 0.3) is 0 Å². The Labute approximate surface area is 86.9 Å². The lowest BCUT2D eigenvalue weighted by atomic mass is 9.82. The molecule has 0 aromatic carbocycles. The lowest BCUT2D eigenvalue weighted by Gasteiger charge is -2.43. The molecule has 2 nitrogen and oxygen atoms in total. The maximum Gasteiger partial charge on any atom is 0.0486 e. The van der Waals surface area contributed by atoms with Crippen molar-refractivity contribution in [2.75, 3.05) is 26.3 Å². The van der Waals surface area contributed by atoms with E-state index < -0.39 is 0 Å². The van der Waals surface area contributed by atoms with Gasteiger partial charge in [-0.25, -0.2) is 0 Å². The summed E-state index contributed by atoms with van der Waals surface area (Å²) < 4.78 is 5.49. The van der Waals surface area contributed by atoms with Crippen molar-refractivity contribution in [3.8, 4) is 0 Å². The first kappa shape index (κ1) is 10.2. The highest BCUT2D eigenvalue weighted by molar-refractivity contribution is 5.27. The molecule has 2 heterocycles. The Hall–Kier alpha value is -0.340. The van der Waals surface area contributed by atoms with Crippen molar-refractivity contribution in [1.29, 1.82) is 0 Å². The van der Waals surface area contributed by atoms with E-state index in [2.05, 4.69) is 24.8 Å². The molecule has 1 fully saturated rings. The van der Waals surface area contributed by atoms with Crippen molar-refractivity contribution in [3.63, 3.8) is 0 Å². The minimum Gasteiger partial charge on any atom is -0.381 e. The Morgan fingerprint density at radius 1 is 1.36 bits per heavy atom. The molecule has 2 heteroatoms. The third-order valence-corrected chi connectivity index (χ3v) is 3.84. The number of rotatable bonds is 2. The van der Waals surface area contributed by atoms with E-state index in [-0.39, 0.29) is 0 Å². The Balaban J connectivity index is 2.21. The Morgan fingerprint density at radius 3 is 2.64 bits per heavy atom. The maximum absolute atomic E-state index is 5.49. The molecule has 0 bridgehead atoms. The zero-order valence-corrected chi connectivity index (χ0v) is 9.38. The topological polar surface area (TPSA) is 12.5 Å². The Morgan fingerprint density at radius 2 is 2.07 bits per heavy atom. The van der Waals surface area contributed by atoms with Crippen LogP contribution in [-0.4, -0.2) is 36.7 Å². The molecule has 2 rings (SSSR count). The van der Waals surface area contributed by atoms with Gasteiger partial charge in [-0.05, 0) is 25.8 Å². The SMILES string of the molecule is CCC1=CCN(CC)C12CCOCC2. The standard InChI is InChI=1S/C12H21NO/c1-3-11-5-8-13(4-2)12(11)6-9-14-10-7-12/h5H,3-4,6-10H2,1-2H3. The number of likely N-dealkylation sites (N-methyl/N-ethyl adjacent to an activating group) is 1. The van der Waals surface area contributed by atoms with Gasteiger partial charge in [-0.15, -0.1) is 0 Å². The maximum atomic E-state index is 5.49. The summed E-state index contributed by atoms with van der Waals surface area (Å²) in [5, 5.41) is 0. The average molecular weight is 195 g/mol. The Bertz CT molecular complexity index is 228. The second kappa shape index (κ2) is 4.03. The van der Waals surface area contributed by atoms with Gasteiger partial charge in [0.1, 0.15) is 0 Å². The minimum atomic E-state index is 0.377. The van der Waals surface area contributed by atoms with E-state index in [1.807, 2.05) is 0 Å². The van der Waals surface area contributed by atoms with Gasteiger partial charge in [0, 0.05) is 25.3 Å². The largest absolute Gasteiger partial charge is 0.381 e. The van der Waals surface area contributed by atoms with E-state index in [9.17, 15) is 0 Å². The monoisotopic (exact) mass is 195 g/mol. The van der Waals surface area contributed by atoms with Crippen molar-refractivity contribution >= 4 is 0 Å². The van der Waals surface area contributed by atoms with Crippen LogP contribution in [0.2, 0.25) is 0 Å². The van der Waals surface area contributed by atoms with Crippen LogP contribution in [0.4, 0.5) is 0 Å². The van der Waals surface area contributed by atoms with Gasteiger partial charge in [-0.2, -0.15) is 0 Å². The molecule has 0 amide bonds. The van der Waals surface area contributed by atoms with Crippen LogP contribution in [0.15, 0.2) is 11.6 Å². The summed E-state index contributed by atoms with van der Waals surface area (Å²) in [5.74, 6) is 0. The highest BCUT2D eigenvalue weighted by atomic mass is 16.5. The fraction of sp³-hybridized carbons (Fsp3) is 0.833. The van der Waals surface area contributed by atoms with Gasteiger partial charge in [-0.1, -0.05) is 25.5 Å². The summed E-state index contributed by atoms with van der Waals surface area (Å²) >= 11 is 0. The zero-order valence-electron chi connectivity index (χ0n) is 9.38. The minimum absolute atomic E-state index is 0.377. The normalized spacial score (nSPS) is 26.9. The van der Waals surface area contributed by atoms with Gasteiger partial charge in [0.15, 0.2) is 0 Å². The molecule has 0 aromatic rings. The van der Waals surface area contributed by atoms with E-state index in [0.29, 0.717) is 5.54 Å². The first-order chi connectivity index (χ1) is 6.83. The molecular formula is C12H21NO. The fourth-order valence-corrected chi connectivity index (χ4v) is 3.04. The van der Waals surface area contributed by atoms with Crippen molar-refractivity contribution in [3.05, 3.63) is 11.6 Å². The molecule has 0 unspecified atom stereocenters. The summed E-state index contributed by atoms with van der Waals surface area (Å²) in [6.07, 6.45) is 6.03. The van der Waals surface area contributed by atoms with E-state index in [0.717, 1.165) is 19.8 Å². The summed E-state index contributed by atoms with van der Waals surface area (Å²) in [5.41, 5.74) is 2.03. The number of hydrogen-bond donors (Lipinski definition) is 0. The molecule has 0 atom stereocenters. The molecule has 0 saturated carbocycles. The van der Waals surface area contributed by atoms with Gasteiger partial charge in [0.25, 0.3) is 0 Å². The van der Waals surface area contributed by atoms with Crippen LogP contribution < -0.4 is 0 Å². The highest BCUT2D eigenvalue weighted by Crippen LogP contribution is 2.40. The molecule has 0 N–H and O–H groups in total. The van der Waals surface area contributed by atoms with E-state index in [4.69, 9.17) is 4.74 Å². The molecule has 0 aliphatic carbocycles. The first-order valence-electron chi connectivity index (χ1n) is 5.86. The fourth-order valence-electron chi connectivity index (χ4n) is 3.04. The first-order valence-corrected chi connectivity index (χ1v) is 5.86. The second-order valence-corrected chi connectivity index (χ2v) is 4.27. The molecular weight excluding hydrogens is 174 g/mol. The average Bonchev–Trinajstić information content (AvgIpc) is 2.57. The number of ether oxygens (including phenoxy) is 1. The van der Waals surface area contributed by atoms with Crippen LogP contribution in [0.5, 0.6) is 0 Å². The van der Waals surface area contributed by atoms with E-state index in [1.165, 1.54) is 25.8 Å². The van der Waals surface area contributed by atoms with Gasteiger partial charge >= 0.3 is 0 Å². The van der Waals surface area contributed by atoms with Crippen molar-refractivity contribution in [1.82, 2.24) is 4.90 Å². The number of nitrogens with zero attached hydrogens (tertiary/aromatic N) is 1. The molecule has 0 aromatic heterocycles. The van der Waals surface area contributed by atoms with Crippen LogP contribution in [0.1, 0.15) is 33.1 Å². The van der Waals surface area contributed by atoms with Gasteiger partial charge in [0.05, 0.1) is 0 Å². The molecule has 1 spiro atoms. The smallest absolute Gasteiger partial charge is 0.0486 e. The van der Waals surface area contributed by atoms with Crippen LogP contribution in [0, 0.1) is 0 Å².